The molecule has 0 aromatic heterocycles. The van der Waals surface area contributed by atoms with Gasteiger partial charge in [0, 0.05) is 12.1 Å². The van der Waals surface area contributed by atoms with Gasteiger partial charge in [0.15, 0.2) is 0 Å². The van der Waals surface area contributed by atoms with E-state index in [-0.39, 0.29) is 5.91 Å². The van der Waals surface area contributed by atoms with E-state index in [9.17, 15) is 4.79 Å². The summed E-state index contributed by atoms with van der Waals surface area (Å²) in [6.45, 7) is 6.97. The molecule has 2 N–H and O–H groups in total. The van der Waals surface area contributed by atoms with Crippen molar-refractivity contribution >= 4 is 5.91 Å². The molecule has 1 unspecified atom stereocenters. The van der Waals surface area contributed by atoms with Gasteiger partial charge in [-0.3, -0.25) is 4.79 Å². The van der Waals surface area contributed by atoms with E-state index in [1.54, 1.807) is 0 Å². The Hall–Kier alpha value is -0.570. The third-order valence-electron chi connectivity index (χ3n) is 4.05. The lowest BCUT2D eigenvalue weighted by atomic mass is 9.95. The predicted molar refractivity (Wildman–Crippen MR) is 71.9 cm³/mol. The minimum absolute atomic E-state index is 0.149. The number of nitrogens with one attached hydrogen (secondary N) is 2. The van der Waals surface area contributed by atoms with Crippen LogP contribution in [-0.4, -0.2) is 24.5 Å². The molecule has 3 heteroatoms. The molecule has 0 aliphatic heterocycles. The molecule has 1 atom stereocenters. The number of hydrogen-bond donors (Lipinski definition) is 2. The van der Waals surface area contributed by atoms with Gasteiger partial charge in [-0.05, 0) is 25.7 Å². The number of carbonyl (C=O) groups excluding carboxylic acids is 1. The van der Waals surface area contributed by atoms with Crippen molar-refractivity contribution in [2.45, 2.75) is 71.4 Å². The molecule has 0 heterocycles. The fourth-order valence-corrected chi connectivity index (χ4v) is 2.79. The summed E-state index contributed by atoms with van der Waals surface area (Å²) >= 11 is 0. The van der Waals surface area contributed by atoms with Crippen molar-refractivity contribution in [3.05, 3.63) is 0 Å². The summed E-state index contributed by atoms with van der Waals surface area (Å²) in [6, 6.07) is 0.868. The smallest absolute Gasteiger partial charge is 0.234 e. The zero-order valence-corrected chi connectivity index (χ0v) is 11.6. The Kier molecular flexibility index (Phi) is 6.56. The van der Waals surface area contributed by atoms with Crippen LogP contribution in [0.3, 0.4) is 0 Å². The van der Waals surface area contributed by atoms with Crippen LogP contribution in [0.5, 0.6) is 0 Å². The molecule has 1 aliphatic carbocycles. The standard InChI is InChI=1S/C14H28N2O/c1-4-12(5-2)11(3)16-14(17)10-15-13-8-6-7-9-13/h11-13,15H,4-10H2,1-3H3,(H,16,17). The second-order valence-electron chi connectivity index (χ2n) is 5.30. The van der Waals surface area contributed by atoms with Gasteiger partial charge >= 0.3 is 0 Å². The van der Waals surface area contributed by atoms with Gasteiger partial charge in [-0.2, -0.15) is 0 Å². The van der Waals surface area contributed by atoms with E-state index in [1.807, 2.05) is 0 Å². The quantitative estimate of drug-likeness (QED) is 0.717. The molecular weight excluding hydrogens is 212 g/mol. The molecule has 1 fully saturated rings. The maximum Gasteiger partial charge on any atom is 0.234 e. The highest BCUT2D eigenvalue weighted by atomic mass is 16.1. The second kappa shape index (κ2) is 7.70. The van der Waals surface area contributed by atoms with E-state index in [0.717, 1.165) is 12.8 Å². The molecule has 17 heavy (non-hydrogen) atoms. The van der Waals surface area contributed by atoms with Gasteiger partial charge < -0.3 is 10.6 Å². The van der Waals surface area contributed by atoms with Crippen molar-refractivity contribution in [1.82, 2.24) is 10.6 Å². The largest absolute Gasteiger partial charge is 0.352 e. The van der Waals surface area contributed by atoms with Crippen molar-refractivity contribution in [3.63, 3.8) is 0 Å². The highest BCUT2D eigenvalue weighted by Gasteiger charge is 2.18. The summed E-state index contributed by atoms with van der Waals surface area (Å²) in [5.74, 6) is 0.752. The van der Waals surface area contributed by atoms with Gasteiger partial charge in [0.1, 0.15) is 0 Å². The molecule has 0 radical (unpaired) electrons. The molecule has 100 valence electrons. The molecule has 0 spiro atoms. The number of amides is 1. The summed E-state index contributed by atoms with van der Waals surface area (Å²) < 4.78 is 0. The van der Waals surface area contributed by atoms with Crippen molar-refractivity contribution in [2.24, 2.45) is 5.92 Å². The molecule has 3 nitrogen and oxygen atoms in total. The molecule has 1 saturated carbocycles. The molecule has 0 bridgehead atoms. The van der Waals surface area contributed by atoms with E-state index in [1.165, 1.54) is 25.7 Å². The van der Waals surface area contributed by atoms with Gasteiger partial charge in [-0.25, -0.2) is 0 Å². The first-order valence-electron chi connectivity index (χ1n) is 7.20. The molecule has 1 amide bonds. The van der Waals surface area contributed by atoms with Crippen LogP contribution in [-0.2, 0) is 4.79 Å². The number of rotatable bonds is 7. The summed E-state index contributed by atoms with van der Waals surface area (Å²) in [6.07, 6.45) is 7.35. The van der Waals surface area contributed by atoms with E-state index in [0.29, 0.717) is 24.5 Å². The highest BCUT2D eigenvalue weighted by Crippen LogP contribution is 2.17. The lowest BCUT2D eigenvalue weighted by molar-refractivity contribution is -0.121. The van der Waals surface area contributed by atoms with Crippen LogP contribution >= 0.6 is 0 Å². The van der Waals surface area contributed by atoms with Crippen LogP contribution in [0.2, 0.25) is 0 Å². The first-order chi connectivity index (χ1) is 8.17. The third-order valence-corrected chi connectivity index (χ3v) is 4.05. The number of carbonyl (C=O) groups is 1. The third kappa shape index (κ3) is 5.07. The van der Waals surface area contributed by atoms with Crippen molar-refractivity contribution < 1.29 is 4.79 Å². The van der Waals surface area contributed by atoms with Crippen molar-refractivity contribution in [2.75, 3.05) is 6.54 Å². The van der Waals surface area contributed by atoms with Crippen LogP contribution in [0.15, 0.2) is 0 Å². The van der Waals surface area contributed by atoms with Crippen LogP contribution in [0.25, 0.3) is 0 Å². The fraction of sp³-hybridized carbons (Fsp3) is 0.929. The van der Waals surface area contributed by atoms with E-state index in [4.69, 9.17) is 0 Å². The van der Waals surface area contributed by atoms with Gasteiger partial charge in [0.25, 0.3) is 0 Å². The lowest BCUT2D eigenvalue weighted by Crippen LogP contribution is -2.44. The average Bonchev–Trinajstić information content (AvgIpc) is 2.81. The SMILES string of the molecule is CCC(CC)C(C)NC(=O)CNC1CCCC1. The second-order valence-corrected chi connectivity index (χ2v) is 5.30. The summed E-state index contributed by atoms with van der Waals surface area (Å²) in [4.78, 5) is 11.8. The Bertz CT molecular complexity index is 220. The summed E-state index contributed by atoms with van der Waals surface area (Å²) in [5, 5.41) is 6.45. The summed E-state index contributed by atoms with van der Waals surface area (Å²) in [5.41, 5.74) is 0. The van der Waals surface area contributed by atoms with Gasteiger partial charge in [0.2, 0.25) is 5.91 Å². The first kappa shape index (κ1) is 14.5. The Balaban J connectivity index is 2.18. The van der Waals surface area contributed by atoms with Crippen molar-refractivity contribution in [1.29, 1.82) is 0 Å². The number of hydrogen-bond acceptors (Lipinski definition) is 2. The van der Waals surface area contributed by atoms with Gasteiger partial charge in [-0.15, -0.1) is 0 Å². The minimum atomic E-state index is 0.149. The van der Waals surface area contributed by atoms with E-state index < -0.39 is 0 Å². The normalized spacial score (nSPS) is 18.6. The Labute approximate surface area is 106 Å². The highest BCUT2D eigenvalue weighted by molar-refractivity contribution is 5.78. The van der Waals surface area contributed by atoms with Gasteiger partial charge in [-0.1, -0.05) is 39.5 Å². The monoisotopic (exact) mass is 240 g/mol. The minimum Gasteiger partial charge on any atom is -0.352 e. The maximum absolute atomic E-state index is 11.8. The van der Waals surface area contributed by atoms with Crippen LogP contribution < -0.4 is 10.6 Å². The van der Waals surface area contributed by atoms with Crippen LogP contribution in [0.1, 0.15) is 59.3 Å². The predicted octanol–water partition coefficient (Wildman–Crippen LogP) is 2.46. The van der Waals surface area contributed by atoms with Crippen LogP contribution in [0.4, 0.5) is 0 Å². The molecule has 1 rings (SSSR count). The van der Waals surface area contributed by atoms with Crippen molar-refractivity contribution in [3.8, 4) is 0 Å². The lowest BCUT2D eigenvalue weighted by Gasteiger charge is -2.23. The summed E-state index contributed by atoms with van der Waals surface area (Å²) in [7, 11) is 0. The molecule has 0 aromatic carbocycles. The van der Waals surface area contributed by atoms with E-state index in [2.05, 4.69) is 31.4 Å². The molecular formula is C14H28N2O. The Morgan fingerprint density at radius 1 is 1.24 bits per heavy atom. The maximum atomic E-state index is 11.8. The van der Waals surface area contributed by atoms with Crippen LogP contribution in [0, 0.1) is 5.92 Å². The first-order valence-corrected chi connectivity index (χ1v) is 7.20. The topological polar surface area (TPSA) is 41.1 Å². The molecule has 1 aliphatic rings. The zero-order valence-electron chi connectivity index (χ0n) is 11.6. The van der Waals surface area contributed by atoms with Gasteiger partial charge in [0.05, 0.1) is 6.54 Å². The fourth-order valence-electron chi connectivity index (χ4n) is 2.79. The molecule has 0 saturated heterocycles. The average molecular weight is 240 g/mol. The van der Waals surface area contributed by atoms with E-state index >= 15 is 0 Å². The molecule has 0 aromatic rings. The zero-order chi connectivity index (χ0) is 12.7. The Morgan fingerprint density at radius 2 is 1.82 bits per heavy atom. The Morgan fingerprint density at radius 3 is 2.35 bits per heavy atom.